The summed E-state index contributed by atoms with van der Waals surface area (Å²) < 4.78 is 0. The summed E-state index contributed by atoms with van der Waals surface area (Å²) >= 11 is 0. The molecule has 4 N–H and O–H groups in total. The molecule has 102 valence electrons. The van der Waals surface area contributed by atoms with Crippen LogP contribution >= 0.6 is 0 Å². The van der Waals surface area contributed by atoms with E-state index in [-0.39, 0.29) is 12.5 Å². The number of carbonyl (C=O) groups is 1. The van der Waals surface area contributed by atoms with Gasteiger partial charge >= 0.3 is 0 Å². The second-order valence-corrected chi connectivity index (χ2v) is 5.15. The molecule has 0 aromatic carbocycles. The van der Waals surface area contributed by atoms with Crippen LogP contribution in [0.5, 0.6) is 0 Å². The first-order valence-corrected chi connectivity index (χ1v) is 6.65. The Bertz CT molecular complexity index is 202. The van der Waals surface area contributed by atoms with Gasteiger partial charge in [0.15, 0.2) is 0 Å². The van der Waals surface area contributed by atoms with Crippen LogP contribution in [0.1, 0.15) is 46.5 Å². The van der Waals surface area contributed by atoms with Gasteiger partial charge in [0, 0.05) is 13.2 Å². The summed E-state index contributed by atoms with van der Waals surface area (Å²) in [4.78, 5) is 11.7. The fourth-order valence-electron chi connectivity index (χ4n) is 1.93. The Morgan fingerprint density at radius 1 is 1.35 bits per heavy atom. The molecule has 4 nitrogen and oxygen atoms in total. The number of hydrogen-bond acceptors (Lipinski definition) is 3. The van der Waals surface area contributed by atoms with Crippen molar-refractivity contribution in [2.45, 2.75) is 52.5 Å². The molecule has 1 unspecified atom stereocenters. The lowest BCUT2D eigenvalue weighted by Crippen LogP contribution is -2.43. The van der Waals surface area contributed by atoms with Crippen LogP contribution in [0.3, 0.4) is 0 Å². The lowest BCUT2D eigenvalue weighted by atomic mass is 9.99. The van der Waals surface area contributed by atoms with E-state index in [1.165, 1.54) is 0 Å². The predicted octanol–water partition coefficient (Wildman–Crippen LogP) is 1.27. The van der Waals surface area contributed by atoms with Crippen molar-refractivity contribution in [2.24, 2.45) is 17.6 Å². The molecule has 0 rings (SSSR count). The van der Waals surface area contributed by atoms with Gasteiger partial charge in [0.1, 0.15) is 0 Å². The van der Waals surface area contributed by atoms with Gasteiger partial charge in [-0.15, -0.1) is 0 Å². The number of carbonyl (C=O) groups excluding carboxylic acids is 1. The van der Waals surface area contributed by atoms with E-state index < -0.39 is 6.04 Å². The van der Waals surface area contributed by atoms with Crippen LogP contribution in [0, 0.1) is 11.8 Å². The lowest BCUT2D eigenvalue weighted by molar-refractivity contribution is -0.122. The molecule has 0 aliphatic rings. The topological polar surface area (TPSA) is 75.3 Å². The summed E-state index contributed by atoms with van der Waals surface area (Å²) in [6.45, 7) is 7.02. The first-order chi connectivity index (χ1) is 8.01. The highest BCUT2D eigenvalue weighted by Crippen LogP contribution is 2.09. The highest BCUT2D eigenvalue weighted by Gasteiger charge is 2.16. The number of nitrogens with one attached hydrogen (secondary N) is 1. The molecule has 17 heavy (non-hydrogen) atoms. The number of amides is 1. The highest BCUT2D eigenvalue weighted by atomic mass is 16.3. The van der Waals surface area contributed by atoms with E-state index in [1.807, 2.05) is 0 Å². The molecule has 0 heterocycles. The number of aliphatic hydroxyl groups excluding tert-OH is 1. The molecule has 0 spiro atoms. The lowest BCUT2D eigenvalue weighted by Gasteiger charge is -2.18. The number of aliphatic hydroxyl groups is 1. The smallest absolute Gasteiger partial charge is 0.236 e. The zero-order chi connectivity index (χ0) is 13.3. The van der Waals surface area contributed by atoms with Crippen molar-refractivity contribution in [2.75, 3.05) is 13.2 Å². The van der Waals surface area contributed by atoms with Crippen molar-refractivity contribution >= 4 is 5.91 Å². The Kier molecular flexibility index (Phi) is 9.09. The average molecular weight is 244 g/mol. The second-order valence-electron chi connectivity index (χ2n) is 5.15. The first-order valence-electron chi connectivity index (χ1n) is 6.65. The first kappa shape index (κ1) is 16.4. The van der Waals surface area contributed by atoms with Crippen molar-refractivity contribution in [1.29, 1.82) is 0 Å². The third-order valence-electron chi connectivity index (χ3n) is 2.86. The maximum Gasteiger partial charge on any atom is 0.236 e. The van der Waals surface area contributed by atoms with Crippen LogP contribution in [0.2, 0.25) is 0 Å². The Hall–Kier alpha value is -0.610. The minimum atomic E-state index is -0.411. The zero-order valence-electron chi connectivity index (χ0n) is 11.4. The monoisotopic (exact) mass is 244 g/mol. The van der Waals surface area contributed by atoms with Crippen LogP contribution in [0.15, 0.2) is 0 Å². The van der Waals surface area contributed by atoms with Crippen molar-refractivity contribution in [3.8, 4) is 0 Å². The van der Waals surface area contributed by atoms with Crippen molar-refractivity contribution in [3.63, 3.8) is 0 Å². The van der Waals surface area contributed by atoms with Crippen LogP contribution < -0.4 is 11.1 Å². The van der Waals surface area contributed by atoms with E-state index >= 15 is 0 Å². The molecule has 0 radical (unpaired) electrons. The Labute approximate surface area is 105 Å². The van der Waals surface area contributed by atoms with E-state index in [2.05, 4.69) is 26.1 Å². The normalized spacial score (nSPS) is 14.7. The fourth-order valence-corrected chi connectivity index (χ4v) is 1.93. The number of nitrogens with two attached hydrogens (primary N) is 1. The van der Waals surface area contributed by atoms with Crippen LogP contribution in [0.4, 0.5) is 0 Å². The molecule has 0 aromatic heterocycles. The third kappa shape index (κ3) is 8.16. The Morgan fingerprint density at radius 3 is 2.47 bits per heavy atom. The van der Waals surface area contributed by atoms with E-state index in [0.29, 0.717) is 24.8 Å². The third-order valence-corrected chi connectivity index (χ3v) is 2.86. The molecule has 0 saturated heterocycles. The largest absolute Gasteiger partial charge is 0.396 e. The highest BCUT2D eigenvalue weighted by molar-refractivity contribution is 5.81. The van der Waals surface area contributed by atoms with Crippen molar-refractivity contribution in [3.05, 3.63) is 0 Å². The van der Waals surface area contributed by atoms with Crippen LogP contribution in [0.25, 0.3) is 0 Å². The minimum absolute atomic E-state index is 0.0715. The van der Waals surface area contributed by atoms with Crippen molar-refractivity contribution < 1.29 is 9.90 Å². The standard InChI is InChI=1S/C13H28N2O2/c1-4-5-11(6-7-16)9-15-13(17)12(14)8-10(2)3/h10-12,16H,4-9,14H2,1-3H3,(H,15,17)/t11?,12-/m0/s1. The summed E-state index contributed by atoms with van der Waals surface area (Å²) in [6.07, 6.45) is 3.55. The van der Waals surface area contributed by atoms with Gasteiger partial charge in [0.2, 0.25) is 5.91 Å². The van der Waals surface area contributed by atoms with E-state index in [9.17, 15) is 4.79 Å². The molecule has 0 aliphatic carbocycles. The molecule has 1 amide bonds. The molecule has 0 saturated carbocycles. The van der Waals surface area contributed by atoms with Crippen molar-refractivity contribution in [1.82, 2.24) is 5.32 Å². The van der Waals surface area contributed by atoms with Gasteiger partial charge in [-0.1, -0.05) is 27.2 Å². The summed E-state index contributed by atoms with van der Waals surface area (Å²) in [5.74, 6) is 0.720. The summed E-state index contributed by atoms with van der Waals surface area (Å²) in [5.41, 5.74) is 5.79. The average Bonchev–Trinajstić information content (AvgIpc) is 2.25. The van der Waals surface area contributed by atoms with Gasteiger partial charge in [0.25, 0.3) is 0 Å². The van der Waals surface area contributed by atoms with Crippen LogP contribution in [-0.4, -0.2) is 30.2 Å². The molecule has 0 fully saturated rings. The Balaban J connectivity index is 3.93. The molecule has 0 aromatic rings. The summed E-state index contributed by atoms with van der Waals surface area (Å²) in [7, 11) is 0. The van der Waals surface area contributed by atoms with Gasteiger partial charge < -0.3 is 16.2 Å². The van der Waals surface area contributed by atoms with Gasteiger partial charge in [-0.05, 0) is 31.1 Å². The molecular formula is C13H28N2O2. The van der Waals surface area contributed by atoms with Crippen LogP contribution in [-0.2, 0) is 4.79 Å². The zero-order valence-corrected chi connectivity index (χ0v) is 11.4. The van der Waals surface area contributed by atoms with Gasteiger partial charge in [-0.2, -0.15) is 0 Å². The number of rotatable bonds is 9. The summed E-state index contributed by atoms with van der Waals surface area (Å²) in [6, 6.07) is -0.411. The maximum absolute atomic E-state index is 11.7. The molecule has 2 atom stereocenters. The van der Waals surface area contributed by atoms with E-state index in [4.69, 9.17) is 10.8 Å². The number of hydrogen-bond donors (Lipinski definition) is 3. The quantitative estimate of drug-likeness (QED) is 0.572. The van der Waals surface area contributed by atoms with Gasteiger partial charge in [-0.3, -0.25) is 4.79 Å². The SMILES string of the molecule is CCCC(CCO)CNC(=O)[C@@H](N)CC(C)C. The molecule has 0 bridgehead atoms. The predicted molar refractivity (Wildman–Crippen MR) is 70.5 cm³/mol. The molecule has 0 aliphatic heterocycles. The maximum atomic E-state index is 11.7. The second kappa shape index (κ2) is 9.42. The fraction of sp³-hybridized carbons (Fsp3) is 0.923. The molecule has 4 heteroatoms. The molecular weight excluding hydrogens is 216 g/mol. The van der Waals surface area contributed by atoms with Gasteiger partial charge in [0.05, 0.1) is 6.04 Å². The Morgan fingerprint density at radius 2 is 2.00 bits per heavy atom. The van der Waals surface area contributed by atoms with E-state index in [0.717, 1.165) is 19.3 Å². The summed E-state index contributed by atoms with van der Waals surface area (Å²) in [5, 5.41) is 11.8. The van der Waals surface area contributed by atoms with Gasteiger partial charge in [-0.25, -0.2) is 0 Å². The minimum Gasteiger partial charge on any atom is -0.396 e. The van der Waals surface area contributed by atoms with E-state index in [1.54, 1.807) is 0 Å².